The Morgan fingerprint density at radius 3 is 0.844 bits per heavy atom. The zero-order chi connectivity index (χ0) is 63.6. The van der Waals surface area contributed by atoms with Crippen molar-refractivity contribution in [3.05, 3.63) is 326 Å². The molecule has 450 valence electrons. The molecule has 0 aliphatic carbocycles. The van der Waals surface area contributed by atoms with Crippen molar-refractivity contribution in [1.82, 2.24) is 9.13 Å². The Balaban J connectivity index is 0.814. The molecule has 96 heavy (non-hydrogen) atoms. The van der Waals surface area contributed by atoms with Gasteiger partial charge in [-0.3, -0.25) is 0 Å². The van der Waals surface area contributed by atoms with Crippen LogP contribution < -0.4 is 9.80 Å². The molecule has 0 saturated carbocycles. The highest BCUT2D eigenvalue weighted by Crippen LogP contribution is 2.51. The van der Waals surface area contributed by atoms with E-state index in [1.165, 1.54) is 152 Å². The van der Waals surface area contributed by atoms with Crippen LogP contribution in [0, 0.1) is 27.7 Å². The van der Waals surface area contributed by atoms with Crippen LogP contribution in [-0.4, -0.2) is 9.13 Å². The smallest absolute Gasteiger partial charge is 0.0561 e. The summed E-state index contributed by atoms with van der Waals surface area (Å²) in [5, 5.41) is 27.4. The zero-order valence-corrected chi connectivity index (χ0v) is 53.7. The van der Waals surface area contributed by atoms with Gasteiger partial charge < -0.3 is 18.9 Å². The third-order valence-electron chi connectivity index (χ3n) is 20.8. The lowest BCUT2D eigenvalue weighted by Crippen LogP contribution is -2.12. The third kappa shape index (κ3) is 8.03. The van der Waals surface area contributed by atoms with Gasteiger partial charge in [0.05, 0.1) is 33.4 Å². The topological polar surface area (TPSA) is 16.3 Å². The Hall–Kier alpha value is -12.2. The van der Waals surface area contributed by atoms with E-state index in [1.54, 1.807) is 0 Å². The molecule has 4 nitrogen and oxygen atoms in total. The van der Waals surface area contributed by atoms with Gasteiger partial charge in [-0.2, -0.15) is 0 Å². The van der Waals surface area contributed by atoms with Crippen LogP contribution in [0.5, 0.6) is 0 Å². The van der Waals surface area contributed by atoms with Gasteiger partial charge in [-0.25, -0.2) is 0 Å². The number of aromatic nitrogens is 2. The van der Waals surface area contributed by atoms with Crippen LogP contribution in [0.4, 0.5) is 34.1 Å². The molecule has 4 heteroatoms. The molecule has 0 amide bonds. The Morgan fingerprint density at radius 2 is 0.490 bits per heavy atom. The summed E-state index contributed by atoms with van der Waals surface area (Å²) in [7, 11) is 0. The molecule has 0 saturated heterocycles. The minimum absolute atomic E-state index is 1.09. The van der Waals surface area contributed by atoms with E-state index in [0.717, 1.165) is 56.5 Å². The number of nitrogens with zero attached hydrogens (tertiary/aromatic N) is 4. The van der Waals surface area contributed by atoms with Crippen molar-refractivity contribution in [1.29, 1.82) is 0 Å². The van der Waals surface area contributed by atoms with Crippen LogP contribution >= 0.6 is 0 Å². The second-order valence-electron chi connectivity index (χ2n) is 26.7. The van der Waals surface area contributed by atoms with Crippen LogP contribution in [0.15, 0.2) is 303 Å². The molecular weight excluding hydrogens is 1160 g/mol. The number of hydrogen-bond donors (Lipinski definition) is 0. The first-order chi connectivity index (χ1) is 47.2. The fourth-order valence-corrected chi connectivity index (χ4v) is 17.0. The lowest BCUT2D eigenvalue weighted by molar-refractivity contribution is 1.18. The zero-order valence-electron chi connectivity index (χ0n) is 53.7. The fourth-order valence-electron chi connectivity index (χ4n) is 17.0. The van der Waals surface area contributed by atoms with Crippen LogP contribution in [0.1, 0.15) is 22.3 Å². The summed E-state index contributed by atoms with van der Waals surface area (Å²) in [6.45, 7) is 8.89. The number of benzene rings is 18. The third-order valence-corrected chi connectivity index (χ3v) is 20.8. The van der Waals surface area contributed by atoms with Gasteiger partial charge in [0.15, 0.2) is 0 Å². The second-order valence-corrected chi connectivity index (χ2v) is 26.7. The number of rotatable bonds is 8. The van der Waals surface area contributed by atoms with Crippen molar-refractivity contribution < 1.29 is 0 Å². The molecule has 0 radical (unpaired) electrons. The summed E-state index contributed by atoms with van der Waals surface area (Å²) in [6.07, 6.45) is 0. The average molecular weight is 1220 g/mol. The van der Waals surface area contributed by atoms with Crippen molar-refractivity contribution in [3.8, 4) is 11.4 Å². The van der Waals surface area contributed by atoms with E-state index >= 15 is 0 Å². The molecule has 2 aromatic heterocycles. The van der Waals surface area contributed by atoms with Crippen LogP contribution in [0.3, 0.4) is 0 Å². The van der Waals surface area contributed by atoms with E-state index in [1.807, 2.05) is 0 Å². The normalized spacial score (nSPS) is 12.2. The van der Waals surface area contributed by atoms with Gasteiger partial charge in [-0.05, 0) is 245 Å². The van der Waals surface area contributed by atoms with E-state index in [4.69, 9.17) is 0 Å². The molecule has 0 N–H and O–H groups in total. The molecule has 2 heterocycles. The van der Waals surface area contributed by atoms with Crippen molar-refractivity contribution in [2.24, 2.45) is 0 Å². The molecule has 0 atom stereocenters. The SMILES string of the molecule is Cc1cc(C)cc(N(c2ccc3c4cc5c6ccccc6c6ccccc6c5cc4n(-c4ccccc4)c3c2)c2ccc3ccc4c(N(c5cc(C)cc(C)c5)c5ccc6c7cc8c9ccccc9c9ccccc9c8cc7n(-c7ccccc7)c6c5)ccc5ccc2c3c54)c1. The lowest BCUT2D eigenvalue weighted by Gasteiger charge is -2.30. The monoisotopic (exact) mass is 1220 g/mol. The van der Waals surface area contributed by atoms with Crippen LogP contribution in [0.25, 0.3) is 152 Å². The maximum Gasteiger partial charge on any atom is 0.0561 e. The van der Waals surface area contributed by atoms with E-state index < -0.39 is 0 Å². The Bertz CT molecular complexity index is 6240. The summed E-state index contributed by atoms with van der Waals surface area (Å²) in [6, 6.07) is 115. The molecule has 18 aromatic carbocycles. The lowest BCUT2D eigenvalue weighted by atomic mass is 9.91. The van der Waals surface area contributed by atoms with Gasteiger partial charge in [0, 0.05) is 66.4 Å². The minimum atomic E-state index is 1.09. The number of hydrogen-bond acceptors (Lipinski definition) is 2. The summed E-state index contributed by atoms with van der Waals surface area (Å²) in [4.78, 5) is 5.04. The molecule has 0 aliphatic heterocycles. The largest absolute Gasteiger partial charge is 0.310 e. The average Bonchev–Trinajstić information content (AvgIpc) is 1.52. The molecule has 0 spiro atoms. The van der Waals surface area contributed by atoms with Gasteiger partial charge in [-0.15, -0.1) is 0 Å². The van der Waals surface area contributed by atoms with E-state index in [0.29, 0.717) is 0 Å². The van der Waals surface area contributed by atoms with Gasteiger partial charge in [0.25, 0.3) is 0 Å². The fraction of sp³-hybridized carbons (Fsp3) is 0.0435. The predicted octanol–water partition coefficient (Wildman–Crippen LogP) is 25.9. The minimum Gasteiger partial charge on any atom is -0.310 e. The van der Waals surface area contributed by atoms with Crippen LogP contribution in [-0.2, 0) is 0 Å². The summed E-state index contributed by atoms with van der Waals surface area (Å²) < 4.78 is 4.99. The first-order valence-electron chi connectivity index (χ1n) is 33.5. The quantitative estimate of drug-likeness (QED) is 0.141. The Labute approximate surface area is 554 Å². The Morgan fingerprint density at radius 1 is 0.198 bits per heavy atom. The van der Waals surface area contributed by atoms with Gasteiger partial charge in [0.1, 0.15) is 0 Å². The summed E-state index contributed by atoms with van der Waals surface area (Å²) >= 11 is 0. The number of anilines is 6. The van der Waals surface area contributed by atoms with Gasteiger partial charge in [-0.1, -0.05) is 194 Å². The second kappa shape index (κ2) is 20.6. The molecule has 0 aliphatic rings. The molecular formula is C92H62N4. The Kier molecular flexibility index (Phi) is 11.7. The summed E-state index contributed by atoms with van der Waals surface area (Å²) in [5.41, 5.74) is 18.4. The number of fused-ring (bicyclic) bond motifs is 18. The first-order valence-corrected chi connectivity index (χ1v) is 33.5. The highest BCUT2D eigenvalue weighted by atomic mass is 15.2. The molecule has 20 aromatic rings. The molecule has 0 bridgehead atoms. The first kappa shape index (κ1) is 54.3. The number of para-hydroxylation sites is 2. The van der Waals surface area contributed by atoms with E-state index in [9.17, 15) is 0 Å². The van der Waals surface area contributed by atoms with Crippen molar-refractivity contribution >= 4 is 175 Å². The maximum absolute atomic E-state index is 2.52. The van der Waals surface area contributed by atoms with Crippen molar-refractivity contribution in [3.63, 3.8) is 0 Å². The van der Waals surface area contributed by atoms with Crippen molar-refractivity contribution in [2.45, 2.75) is 27.7 Å². The highest BCUT2D eigenvalue weighted by Gasteiger charge is 2.26. The predicted molar refractivity (Wildman–Crippen MR) is 412 cm³/mol. The highest BCUT2D eigenvalue weighted by molar-refractivity contribution is 6.32. The van der Waals surface area contributed by atoms with E-state index in [2.05, 4.69) is 350 Å². The molecule has 0 fully saturated rings. The number of aryl methyl sites for hydroxylation is 4. The summed E-state index contributed by atoms with van der Waals surface area (Å²) in [5.74, 6) is 0. The standard InChI is InChI=1S/C92H62N4/c1-55-43-56(2)46-65(45-55)93(63-35-39-75-83-51-79-71-27-15-11-23-67(71)69-25-13-17-29-73(69)81(79)53-89(83)95(87(75)49-63)61-19-7-5-8-20-61)85-41-33-59-32-38-78-86(42-34-60-31-37-77(85)91(59)92(60)78)94(66-47-57(3)44-58(4)48-66)64-36-40-76-84-52-80-72-28-16-12-24-68(72)70-26-14-18-30-74(70)82(80)54-90(84)96(88(76)50-64)62-21-9-6-10-22-62/h5-54H,1-4H3. The van der Waals surface area contributed by atoms with Gasteiger partial charge >= 0.3 is 0 Å². The molecule has 20 rings (SSSR count). The van der Waals surface area contributed by atoms with Gasteiger partial charge in [0.2, 0.25) is 0 Å². The maximum atomic E-state index is 2.52. The van der Waals surface area contributed by atoms with E-state index in [-0.39, 0.29) is 0 Å². The van der Waals surface area contributed by atoms with Crippen molar-refractivity contribution in [2.75, 3.05) is 9.80 Å². The van der Waals surface area contributed by atoms with Crippen LogP contribution in [0.2, 0.25) is 0 Å². The molecule has 0 unspecified atom stereocenters.